The molecule has 0 radical (unpaired) electrons. The molecule has 114 valence electrons. The Kier molecular flexibility index (Phi) is 4.27. The van der Waals surface area contributed by atoms with Gasteiger partial charge in [-0.2, -0.15) is 5.26 Å². The van der Waals surface area contributed by atoms with Crippen LogP contribution in [0.5, 0.6) is 5.75 Å². The molecule has 0 heterocycles. The van der Waals surface area contributed by atoms with Gasteiger partial charge in [0.2, 0.25) is 0 Å². The van der Waals surface area contributed by atoms with E-state index in [-0.39, 0.29) is 0 Å². The van der Waals surface area contributed by atoms with Crippen LogP contribution >= 0.6 is 0 Å². The van der Waals surface area contributed by atoms with Gasteiger partial charge in [0.1, 0.15) is 11.7 Å². The van der Waals surface area contributed by atoms with Crippen LogP contribution < -0.4 is 4.74 Å². The minimum Gasteiger partial charge on any atom is -0.497 e. The Labute approximate surface area is 135 Å². The molecule has 2 atom stereocenters. The summed E-state index contributed by atoms with van der Waals surface area (Å²) in [5.74, 6) is 0.0918. The SMILES string of the molecule is COc1ccc([C@@H](O)[C@@H](C#N)c2cccc3ccccc23)cc1. The second-order valence-electron chi connectivity index (χ2n) is 5.39. The van der Waals surface area contributed by atoms with E-state index in [9.17, 15) is 10.4 Å². The Balaban J connectivity index is 2.02. The van der Waals surface area contributed by atoms with Gasteiger partial charge in [0.25, 0.3) is 0 Å². The summed E-state index contributed by atoms with van der Waals surface area (Å²) >= 11 is 0. The van der Waals surface area contributed by atoms with Crippen LogP contribution in [0.1, 0.15) is 23.1 Å². The van der Waals surface area contributed by atoms with E-state index in [0.29, 0.717) is 5.56 Å². The Bertz CT molecular complexity index is 844. The van der Waals surface area contributed by atoms with Crippen molar-refractivity contribution in [1.29, 1.82) is 5.26 Å². The number of aliphatic hydroxyl groups excluding tert-OH is 1. The molecule has 0 fully saturated rings. The molecule has 23 heavy (non-hydrogen) atoms. The maximum absolute atomic E-state index is 10.7. The maximum Gasteiger partial charge on any atom is 0.118 e. The summed E-state index contributed by atoms with van der Waals surface area (Å²) < 4.78 is 5.13. The molecule has 0 saturated heterocycles. The number of nitriles is 1. The molecular formula is C20H17NO2. The molecule has 3 heteroatoms. The molecule has 0 bridgehead atoms. The molecule has 0 unspecified atom stereocenters. The van der Waals surface area contributed by atoms with Gasteiger partial charge in [-0.1, -0.05) is 54.6 Å². The lowest BCUT2D eigenvalue weighted by atomic mass is 9.87. The van der Waals surface area contributed by atoms with E-state index in [1.807, 2.05) is 42.5 Å². The molecule has 3 rings (SSSR count). The lowest BCUT2D eigenvalue weighted by molar-refractivity contribution is 0.164. The molecule has 0 amide bonds. The van der Waals surface area contributed by atoms with E-state index in [1.54, 1.807) is 31.4 Å². The van der Waals surface area contributed by atoms with Crippen molar-refractivity contribution in [1.82, 2.24) is 0 Å². The van der Waals surface area contributed by atoms with Gasteiger partial charge < -0.3 is 9.84 Å². The summed E-state index contributed by atoms with van der Waals surface area (Å²) in [6, 6.07) is 23.1. The van der Waals surface area contributed by atoms with E-state index in [4.69, 9.17) is 4.74 Å². The fraction of sp³-hybridized carbons (Fsp3) is 0.150. The fourth-order valence-corrected chi connectivity index (χ4v) is 2.83. The number of ether oxygens (including phenoxy) is 1. The van der Waals surface area contributed by atoms with E-state index in [2.05, 4.69) is 6.07 Å². The number of benzene rings is 3. The Hall–Kier alpha value is -2.83. The van der Waals surface area contributed by atoms with E-state index >= 15 is 0 Å². The highest BCUT2D eigenvalue weighted by atomic mass is 16.5. The standard InChI is InChI=1S/C20H17NO2/c1-23-16-11-9-15(10-12-16)20(22)19(13-21)18-8-4-6-14-5-2-3-7-17(14)18/h2-12,19-20,22H,1H3/t19-,20+/m0/s1. The maximum atomic E-state index is 10.7. The van der Waals surface area contributed by atoms with Gasteiger partial charge in [0.05, 0.1) is 19.3 Å². The summed E-state index contributed by atoms with van der Waals surface area (Å²) in [6.45, 7) is 0. The van der Waals surface area contributed by atoms with Crippen LogP contribution in [0.15, 0.2) is 66.7 Å². The summed E-state index contributed by atoms with van der Waals surface area (Å²) in [5.41, 5.74) is 1.54. The van der Waals surface area contributed by atoms with Crippen LogP contribution in [-0.2, 0) is 0 Å². The van der Waals surface area contributed by atoms with E-state index in [0.717, 1.165) is 22.1 Å². The van der Waals surface area contributed by atoms with Crippen LogP contribution in [0, 0.1) is 11.3 Å². The number of hydrogen-bond acceptors (Lipinski definition) is 3. The van der Waals surface area contributed by atoms with E-state index in [1.165, 1.54) is 0 Å². The van der Waals surface area contributed by atoms with Crippen molar-refractivity contribution in [2.24, 2.45) is 0 Å². The number of methoxy groups -OCH3 is 1. The lowest BCUT2D eigenvalue weighted by Crippen LogP contribution is -2.09. The monoisotopic (exact) mass is 303 g/mol. The van der Waals surface area contributed by atoms with Crippen molar-refractivity contribution in [2.75, 3.05) is 7.11 Å². The first kappa shape index (κ1) is 15.1. The molecule has 1 N–H and O–H groups in total. The molecule has 0 saturated carbocycles. The molecule has 0 aromatic heterocycles. The third-order valence-electron chi connectivity index (χ3n) is 4.07. The third-order valence-corrected chi connectivity index (χ3v) is 4.07. The Morgan fingerprint density at radius 2 is 1.65 bits per heavy atom. The molecule has 0 aliphatic heterocycles. The highest BCUT2D eigenvalue weighted by Gasteiger charge is 2.24. The smallest absolute Gasteiger partial charge is 0.118 e. The van der Waals surface area contributed by atoms with Crippen LogP contribution in [0.2, 0.25) is 0 Å². The molecule has 3 aromatic rings. The van der Waals surface area contributed by atoms with Gasteiger partial charge in [0.15, 0.2) is 0 Å². The number of rotatable bonds is 4. The summed E-state index contributed by atoms with van der Waals surface area (Å²) in [4.78, 5) is 0. The number of fused-ring (bicyclic) bond motifs is 1. The molecule has 3 nitrogen and oxygen atoms in total. The number of aliphatic hydroxyl groups is 1. The van der Waals surface area contributed by atoms with Crippen LogP contribution in [0.25, 0.3) is 10.8 Å². The predicted molar refractivity (Wildman–Crippen MR) is 90.3 cm³/mol. The second-order valence-corrected chi connectivity index (χ2v) is 5.39. The van der Waals surface area contributed by atoms with Gasteiger partial charge in [-0.25, -0.2) is 0 Å². The topological polar surface area (TPSA) is 53.2 Å². The third kappa shape index (κ3) is 2.90. The van der Waals surface area contributed by atoms with Crippen LogP contribution in [-0.4, -0.2) is 12.2 Å². The molecule has 0 aliphatic rings. The van der Waals surface area contributed by atoms with Crippen molar-refractivity contribution < 1.29 is 9.84 Å². The van der Waals surface area contributed by atoms with Gasteiger partial charge >= 0.3 is 0 Å². The van der Waals surface area contributed by atoms with Crippen molar-refractivity contribution in [3.05, 3.63) is 77.9 Å². The highest BCUT2D eigenvalue weighted by Crippen LogP contribution is 2.35. The normalized spacial score (nSPS) is 13.3. The summed E-state index contributed by atoms with van der Waals surface area (Å²) in [5, 5.41) is 22.4. The highest BCUT2D eigenvalue weighted by molar-refractivity contribution is 5.86. The lowest BCUT2D eigenvalue weighted by Gasteiger charge is -2.19. The zero-order valence-corrected chi connectivity index (χ0v) is 12.8. The summed E-state index contributed by atoms with van der Waals surface area (Å²) in [6.07, 6.45) is -0.892. The van der Waals surface area contributed by atoms with E-state index < -0.39 is 12.0 Å². The predicted octanol–water partition coefficient (Wildman–Crippen LogP) is 4.19. The average Bonchev–Trinajstić information content (AvgIpc) is 2.62. The average molecular weight is 303 g/mol. The zero-order valence-electron chi connectivity index (χ0n) is 12.8. The quantitative estimate of drug-likeness (QED) is 0.786. The minimum atomic E-state index is -0.892. The molecule has 0 aliphatic carbocycles. The largest absolute Gasteiger partial charge is 0.497 e. The van der Waals surface area contributed by atoms with Crippen LogP contribution in [0.3, 0.4) is 0 Å². The first-order valence-corrected chi connectivity index (χ1v) is 7.44. The van der Waals surface area contributed by atoms with Crippen molar-refractivity contribution in [2.45, 2.75) is 12.0 Å². The summed E-state index contributed by atoms with van der Waals surface area (Å²) in [7, 11) is 1.60. The number of hydrogen-bond donors (Lipinski definition) is 1. The fourth-order valence-electron chi connectivity index (χ4n) is 2.83. The first-order chi connectivity index (χ1) is 11.2. The van der Waals surface area contributed by atoms with Crippen molar-refractivity contribution >= 4 is 10.8 Å². The Morgan fingerprint density at radius 3 is 2.35 bits per heavy atom. The van der Waals surface area contributed by atoms with Crippen molar-refractivity contribution in [3.8, 4) is 11.8 Å². The van der Waals surface area contributed by atoms with Gasteiger partial charge in [0, 0.05) is 0 Å². The van der Waals surface area contributed by atoms with Gasteiger partial charge in [-0.15, -0.1) is 0 Å². The first-order valence-electron chi connectivity index (χ1n) is 7.44. The zero-order chi connectivity index (χ0) is 16.2. The molecular weight excluding hydrogens is 286 g/mol. The van der Waals surface area contributed by atoms with Gasteiger partial charge in [-0.3, -0.25) is 0 Å². The Morgan fingerprint density at radius 1 is 0.957 bits per heavy atom. The van der Waals surface area contributed by atoms with Gasteiger partial charge in [-0.05, 0) is 34.0 Å². The number of nitrogens with zero attached hydrogens (tertiary/aromatic N) is 1. The van der Waals surface area contributed by atoms with Crippen LogP contribution in [0.4, 0.5) is 0 Å². The second kappa shape index (κ2) is 6.51. The molecule has 3 aromatic carbocycles. The minimum absolute atomic E-state index is 0.630. The molecule has 0 spiro atoms. The van der Waals surface area contributed by atoms with Crippen molar-refractivity contribution in [3.63, 3.8) is 0 Å².